The van der Waals surface area contributed by atoms with Crippen LogP contribution in [-0.4, -0.2) is 40.5 Å². The van der Waals surface area contributed by atoms with Crippen LogP contribution in [0.4, 0.5) is 0 Å². The third-order valence-electron chi connectivity index (χ3n) is 3.86. The number of methoxy groups -OCH3 is 3. The number of rotatable bonds is 6. The molecular formula is C16H25NO4. The topological polar surface area (TPSA) is 49.0 Å². The number of benzene rings is 1. The normalized spacial score (nSPS) is 21.9. The molecule has 21 heavy (non-hydrogen) atoms. The summed E-state index contributed by atoms with van der Waals surface area (Å²) in [5, 5.41) is 3.50. The molecule has 1 heterocycles. The van der Waals surface area contributed by atoms with E-state index < -0.39 is 0 Å². The monoisotopic (exact) mass is 295 g/mol. The number of ether oxygens (including phenoxy) is 4. The van der Waals surface area contributed by atoms with Crippen molar-refractivity contribution in [2.24, 2.45) is 0 Å². The predicted molar refractivity (Wildman–Crippen MR) is 81.5 cm³/mol. The lowest BCUT2D eigenvalue weighted by molar-refractivity contribution is -0.000824. The van der Waals surface area contributed by atoms with Gasteiger partial charge in [-0.2, -0.15) is 0 Å². The van der Waals surface area contributed by atoms with E-state index in [1.807, 2.05) is 12.1 Å². The molecule has 118 valence electrons. The Kier molecular flexibility index (Phi) is 5.70. The third kappa shape index (κ3) is 3.41. The van der Waals surface area contributed by atoms with Crippen LogP contribution < -0.4 is 19.5 Å². The molecule has 1 aromatic carbocycles. The molecule has 2 rings (SSSR count). The van der Waals surface area contributed by atoms with E-state index in [2.05, 4.69) is 12.2 Å². The van der Waals surface area contributed by atoms with Gasteiger partial charge in [0.1, 0.15) is 0 Å². The minimum absolute atomic E-state index is 0.0116. The minimum atomic E-state index is 0.0116. The van der Waals surface area contributed by atoms with Gasteiger partial charge >= 0.3 is 0 Å². The zero-order valence-electron chi connectivity index (χ0n) is 13.3. The first-order chi connectivity index (χ1) is 10.2. The summed E-state index contributed by atoms with van der Waals surface area (Å²) in [5.74, 6) is 1.97. The Morgan fingerprint density at radius 3 is 2.52 bits per heavy atom. The molecule has 1 aliphatic rings. The summed E-state index contributed by atoms with van der Waals surface area (Å²) in [6.45, 7) is 3.85. The highest BCUT2D eigenvalue weighted by Gasteiger charge is 2.28. The van der Waals surface area contributed by atoms with E-state index in [1.165, 1.54) is 0 Å². The summed E-state index contributed by atoms with van der Waals surface area (Å²) in [6.07, 6.45) is 1.98. The molecule has 0 aromatic heterocycles. The zero-order chi connectivity index (χ0) is 15.2. The van der Waals surface area contributed by atoms with Gasteiger partial charge in [0.05, 0.1) is 27.4 Å². The lowest BCUT2D eigenvalue weighted by Crippen LogP contribution is -2.36. The maximum absolute atomic E-state index is 5.94. The quantitative estimate of drug-likeness (QED) is 0.874. The second-order valence-corrected chi connectivity index (χ2v) is 5.06. The van der Waals surface area contributed by atoms with Crippen LogP contribution in [0.2, 0.25) is 0 Å². The maximum Gasteiger partial charge on any atom is 0.203 e. The number of hydrogen-bond acceptors (Lipinski definition) is 5. The number of nitrogens with one attached hydrogen (secondary N) is 1. The zero-order valence-corrected chi connectivity index (χ0v) is 13.3. The summed E-state index contributed by atoms with van der Waals surface area (Å²) in [6, 6.07) is 4.38. The molecule has 0 spiro atoms. The Morgan fingerprint density at radius 2 is 1.90 bits per heavy atom. The van der Waals surface area contributed by atoms with Crippen molar-refractivity contribution in [2.75, 3.05) is 34.5 Å². The van der Waals surface area contributed by atoms with Crippen molar-refractivity contribution < 1.29 is 18.9 Å². The first-order valence-electron chi connectivity index (χ1n) is 7.38. The van der Waals surface area contributed by atoms with Gasteiger partial charge in [0.25, 0.3) is 0 Å². The van der Waals surface area contributed by atoms with Crippen LogP contribution >= 0.6 is 0 Å². The van der Waals surface area contributed by atoms with Gasteiger partial charge in [-0.15, -0.1) is 0 Å². The molecule has 2 atom stereocenters. The van der Waals surface area contributed by atoms with Crippen LogP contribution in [0.1, 0.15) is 31.4 Å². The second kappa shape index (κ2) is 7.52. The molecule has 0 aliphatic carbocycles. The van der Waals surface area contributed by atoms with E-state index in [-0.39, 0.29) is 6.10 Å². The van der Waals surface area contributed by atoms with Crippen LogP contribution in [0.25, 0.3) is 0 Å². The molecule has 1 fully saturated rings. The average molecular weight is 295 g/mol. The molecule has 5 heteroatoms. The highest BCUT2D eigenvalue weighted by atomic mass is 16.5. The molecule has 5 nitrogen and oxygen atoms in total. The fourth-order valence-corrected chi connectivity index (χ4v) is 2.87. The highest BCUT2D eigenvalue weighted by molar-refractivity contribution is 5.56. The molecule has 0 bridgehead atoms. The summed E-state index contributed by atoms with van der Waals surface area (Å²) in [7, 11) is 4.88. The Hall–Kier alpha value is -1.46. The smallest absolute Gasteiger partial charge is 0.203 e. The molecule has 0 saturated carbocycles. The van der Waals surface area contributed by atoms with Gasteiger partial charge in [0, 0.05) is 18.2 Å². The Bertz CT molecular complexity index is 462. The van der Waals surface area contributed by atoms with Crippen molar-refractivity contribution in [3.63, 3.8) is 0 Å². The van der Waals surface area contributed by atoms with Gasteiger partial charge < -0.3 is 24.3 Å². The fourth-order valence-electron chi connectivity index (χ4n) is 2.87. The lowest BCUT2D eigenvalue weighted by Gasteiger charge is -2.31. The van der Waals surface area contributed by atoms with Gasteiger partial charge in [0.15, 0.2) is 11.5 Å². The van der Waals surface area contributed by atoms with E-state index in [9.17, 15) is 0 Å². The molecule has 0 radical (unpaired) electrons. The molecule has 1 aliphatic heterocycles. The van der Waals surface area contributed by atoms with Gasteiger partial charge in [-0.3, -0.25) is 0 Å². The molecule has 1 saturated heterocycles. The van der Waals surface area contributed by atoms with Crippen LogP contribution in [0, 0.1) is 0 Å². The average Bonchev–Trinajstić information content (AvgIpc) is 2.53. The Labute approximate surface area is 126 Å². The first-order valence-corrected chi connectivity index (χ1v) is 7.38. The molecule has 2 unspecified atom stereocenters. The van der Waals surface area contributed by atoms with Crippen molar-refractivity contribution in [3.05, 3.63) is 17.7 Å². The minimum Gasteiger partial charge on any atom is -0.493 e. The van der Waals surface area contributed by atoms with Crippen LogP contribution in [0.3, 0.4) is 0 Å². The van der Waals surface area contributed by atoms with Crippen molar-refractivity contribution in [3.8, 4) is 17.2 Å². The second-order valence-electron chi connectivity index (χ2n) is 5.06. The standard InChI is InChI=1S/C16H25NO4/c1-5-17-11-8-9-21-14(10-11)12-6-7-13(18-2)16(20-4)15(12)19-3/h6-7,11,14,17H,5,8-10H2,1-4H3. The molecular weight excluding hydrogens is 270 g/mol. The fraction of sp³-hybridized carbons (Fsp3) is 0.625. The predicted octanol–water partition coefficient (Wildman–Crippen LogP) is 2.54. The molecule has 1 aromatic rings. The van der Waals surface area contributed by atoms with Gasteiger partial charge in [-0.25, -0.2) is 0 Å². The summed E-state index contributed by atoms with van der Waals surface area (Å²) in [5.41, 5.74) is 1.01. The van der Waals surface area contributed by atoms with Crippen LogP contribution in [0.5, 0.6) is 17.2 Å². The van der Waals surface area contributed by atoms with Gasteiger partial charge in [0.2, 0.25) is 5.75 Å². The van der Waals surface area contributed by atoms with Gasteiger partial charge in [-0.05, 0) is 31.5 Å². The van der Waals surface area contributed by atoms with Crippen molar-refractivity contribution in [1.82, 2.24) is 5.32 Å². The van der Waals surface area contributed by atoms with Crippen molar-refractivity contribution in [1.29, 1.82) is 0 Å². The lowest BCUT2D eigenvalue weighted by atomic mass is 9.96. The summed E-state index contributed by atoms with van der Waals surface area (Å²) < 4.78 is 22.3. The molecule has 0 amide bonds. The highest BCUT2D eigenvalue weighted by Crippen LogP contribution is 2.44. The number of hydrogen-bond donors (Lipinski definition) is 1. The molecule has 1 N–H and O–H groups in total. The maximum atomic E-state index is 5.94. The largest absolute Gasteiger partial charge is 0.493 e. The van der Waals surface area contributed by atoms with Gasteiger partial charge in [-0.1, -0.05) is 6.92 Å². The van der Waals surface area contributed by atoms with E-state index in [4.69, 9.17) is 18.9 Å². The SMILES string of the molecule is CCNC1CCOC(c2ccc(OC)c(OC)c2OC)C1. The summed E-state index contributed by atoms with van der Waals surface area (Å²) in [4.78, 5) is 0. The van der Waals surface area contributed by atoms with Crippen molar-refractivity contribution >= 4 is 0 Å². The first kappa shape index (κ1) is 15.9. The van der Waals surface area contributed by atoms with E-state index >= 15 is 0 Å². The van der Waals surface area contributed by atoms with E-state index in [1.54, 1.807) is 21.3 Å². The van der Waals surface area contributed by atoms with Crippen molar-refractivity contribution in [2.45, 2.75) is 31.9 Å². The Morgan fingerprint density at radius 1 is 1.14 bits per heavy atom. The van der Waals surface area contributed by atoms with E-state index in [0.29, 0.717) is 23.3 Å². The van der Waals surface area contributed by atoms with E-state index in [0.717, 1.165) is 31.6 Å². The van der Waals surface area contributed by atoms with Crippen LogP contribution in [-0.2, 0) is 4.74 Å². The summed E-state index contributed by atoms with van der Waals surface area (Å²) >= 11 is 0. The third-order valence-corrected chi connectivity index (χ3v) is 3.86. The Balaban J connectivity index is 2.30. The van der Waals surface area contributed by atoms with Crippen LogP contribution in [0.15, 0.2) is 12.1 Å².